The van der Waals surface area contributed by atoms with E-state index >= 15 is 0 Å². The largest absolute Gasteiger partial charge is 0.436 e. The summed E-state index contributed by atoms with van der Waals surface area (Å²) in [6.45, 7) is 3.33. The Bertz CT molecular complexity index is 1460. The fraction of sp³-hybridized carbons (Fsp3) is 0.0909. The number of fused-ring (bicyclic) bond motifs is 1. The summed E-state index contributed by atoms with van der Waals surface area (Å²) in [4.78, 5) is 25.2. The molecule has 4 aromatic rings. The number of benzene rings is 1. The summed E-state index contributed by atoms with van der Waals surface area (Å²) in [6.07, 6.45) is 9.01. The Kier molecular flexibility index (Phi) is 4.31. The van der Waals surface area contributed by atoms with Gasteiger partial charge in [-0.25, -0.2) is 18.9 Å². The number of nitrogens with zero attached hydrogens (tertiary/aromatic N) is 5. The van der Waals surface area contributed by atoms with Gasteiger partial charge in [-0.2, -0.15) is 4.98 Å². The monoisotopic (exact) mass is 414 g/mol. The van der Waals surface area contributed by atoms with Gasteiger partial charge in [0.15, 0.2) is 11.7 Å². The first kappa shape index (κ1) is 18.7. The third-order valence-corrected chi connectivity index (χ3v) is 4.68. The Morgan fingerprint density at radius 1 is 1.26 bits per heavy atom. The van der Waals surface area contributed by atoms with E-state index in [4.69, 9.17) is 4.42 Å². The highest BCUT2D eigenvalue weighted by molar-refractivity contribution is 6.03. The molecular weight excluding hydrogens is 399 g/mol. The van der Waals surface area contributed by atoms with Crippen LogP contribution in [0.2, 0.25) is 0 Å². The van der Waals surface area contributed by atoms with Crippen LogP contribution in [-0.2, 0) is 0 Å². The van der Waals surface area contributed by atoms with E-state index in [1.165, 1.54) is 22.7 Å². The van der Waals surface area contributed by atoms with Crippen molar-refractivity contribution in [2.75, 3.05) is 5.32 Å². The van der Waals surface area contributed by atoms with Gasteiger partial charge in [0.25, 0.3) is 11.7 Å². The van der Waals surface area contributed by atoms with Gasteiger partial charge in [-0.3, -0.25) is 4.79 Å². The van der Waals surface area contributed by atoms with Crippen LogP contribution >= 0.6 is 0 Å². The van der Waals surface area contributed by atoms with Gasteiger partial charge in [0.2, 0.25) is 5.76 Å². The zero-order valence-electron chi connectivity index (χ0n) is 16.5. The molecule has 0 radical (unpaired) electrons. The Morgan fingerprint density at radius 2 is 2.13 bits per heavy atom. The number of halogens is 1. The third-order valence-electron chi connectivity index (χ3n) is 4.68. The maximum atomic E-state index is 14.6. The Labute approximate surface area is 175 Å². The lowest BCUT2D eigenvalue weighted by atomic mass is 10.1. The van der Waals surface area contributed by atoms with Crippen molar-refractivity contribution in [3.05, 3.63) is 83.3 Å². The molecule has 1 N–H and O–H groups in total. The maximum absolute atomic E-state index is 14.6. The molecule has 1 amide bonds. The van der Waals surface area contributed by atoms with Gasteiger partial charge >= 0.3 is 0 Å². The molecule has 1 aliphatic carbocycles. The van der Waals surface area contributed by atoms with E-state index in [-0.39, 0.29) is 17.1 Å². The van der Waals surface area contributed by atoms with Crippen molar-refractivity contribution in [1.29, 1.82) is 0 Å². The van der Waals surface area contributed by atoms with Gasteiger partial charge in [-0.15, -0.1) is 10.8 Å². The molecule has 1 aromatic carbocycles. The van der Waals surface area contributed by atoms with E-state index in [0.29, 0.717) is 23.0 Å². The molecule has 0 saturated carbocycles. The molecule has 1 aliphatic rings. The number of anilines is 1. The van der Waals surface area contributed by atoms with Crippen LogP contribution in [0, 0.1) is 19.7 Å². The zero-order chi connectivity index (χ0) is 21.5. The van der Waals surface area contributed by atoms with Crippen LogP contribution < -0.4 is 5.32 Å². The van der Waals surface area contributed by atoms with Gasteiger partial charge in [0.05, 0.1) is 11.3 Å². The SMILES string of the molecule is Cc1nc(C)c(C(=O)Nc2ccc(F)c(-c3nc4ncc(C5=C=CC=C5)cn4n3)c2)o1. The summed E-state index contributed by atoms with van der Waals surface area (Å²) in [5.41, 5.74) is 5.76. The minimum Gasteiger partial charge on any atom is -0.436 e. The second-order valence-corrected chi connectivity index (χ2v) is 6.90. The molecule has 3 heterocycles. The van der Waals surface area contributed by atoms with Gasteiger partial charge in [0, 0.05) is 36.1 Å². The Morgan fingerprint density at radius 3 is 2.87 bits per heavy atom. The third kappa shape index (κ3) is 3.43. The van der Waals surface area contributed by atoms with Crippen LogP contribution in [-0.4, -0.2) is 30.5 Å². The van der Waals surface area contributed by atoms with Crippen LogP contribution in [0.4, 0.5) is 10.1 Å². The molecule has 0 spiro atoms. The summed E-state index contributed by atoms with van der Waals surface area (Å²) in [5.74, 6) is -0.0257. The van der Waals surface area contributed by atoms with Crippen LogP contribution in [0.3, 0.4) is 0 Å². The number of allylic oxidation sites excluding steroid dienone is 3. The summed E-state index contributed by atoms with van der Waals surface area (Å²) in [7, 11) is 0. The lowest BCUT2D eigenvalue weighted by molar-refractivity contribution is 0.0994. The fourth-order valence-electron chi connectivity index (χ4n) is 3.25. The molecule has 0 unspecified atom stereocenters. The first-order valence-corrected chi connectivity index (χ1v) is 9.39. The quantitative estimate of drug-likeness (QED) is 0.509. The minimum absolute atomic E-state index is 0.107. The minimum atomic E-state index is -0.523. The zero-order valence-corrected chi connectivity index (χ0v) is 16.5. The number of oxazole rings is 1. The predicted octanol–water partition coefficient (Wildman–Crippen LogP) is 3.90. The van der Waals surface area contributed by atoms with Gasteiger partial charge in [-0.1, -0.05) is 6.08 Å². The predicted molar refractivity (Wildman–Crippen MR) is 111 cm³/mol. The highest BCUT2D eigenvalue weighted by atomic mass is 19.1. The van der Waals surface area contributed by atoms with Crippen molar-refractivity contribution in [3.63, 3.8) is 0 Å². The fourth-order valence-corrected chi connectivity index (χ4v) is 3.25. The summed E-state index contributed by atoms with van der Waals surface area (Å²) < 4.78 is 21.4. The van der Waals surface area contributed by atoms with Gasteiger partial charge in [-0.05, 0) is 37.3 Å². The van der Waals surface area contributed by atoms with E-state index < -0.39 is 11.7 Å². The van der Waals surface area contributed by atoms with E-state index in [0.717, 1.165) is 11.1 Å². The van der Waals surface area contributed by atoms with E-state index in [9.17, 15) is 9.18 Å². The van der Waals surface area contributed by atoms with Crippen LogP contribution in [0.5, 0.6) is 0 Å². The molecule has 3 aromatic heterocycles. The average molecular weight is 414 g/mol. The van der Waals surface area contributed by atoms with Crippen molar-refractivity contribution >= 4 is 22.9 Å². The first-order chi connectivity index (χ1) is 15.0. The number of rotatable bonds is 4. The number of aromatic nitrogens is 5. The van der Waals surface area contributed by atoms with Gasteiger partial charge in [0.1, 0.15) is 5.82 Å². The van der Waals surface area contributed by atoms with Crippen molar-refractivity contribution in [2.24, 2.45) is 0 Å². The molecule has 5 rings (SSSR count). The number of carbonyl (C=O) groups is 1. The highest BCUT2D eigenvalue weighted by Gasteiger charge is 2.18. The average Bonchev–Trinajstić information content (AvgIpc) is 3.48. The molecule has 0 saturated heterocycles. The van der Waals surface area contributed by atoms with Crippen molar-refractivity contribution in [1.82, 2.24) is 24.6 Å². The normalized spacial score (nSPS) is 12.5. The van der Waals surface area contributed by atoms with Crippen LogP contribution in [0.25, 0.3) is 22.7 Å². The topological polar surface area (TPSA) is 98.2 Å². The van der Waals surface area contributed by atoms with Crippen molar-refractivity contribution in [3.8, 4) is 11.4 Å². The molecule has 152 valence electrons. The van der Waals surface area contributed by atoms with E-state index in [1.807, 2.05) is 18.2 Å². The molecule has 0 fully saturated rings. The number of hydrogen-bond donors (Lipinski definition) is 1. The molecular formula is C22H15FN6O2. The smallest absolute Gasteiger partial charge is 0.293 e. The molecule has 0 aliphatic heterocycles. The molecule has 31 heavy (non-hydrogen) atoms. The summed E-state index contributed by atoms with van der Waals surface area (Å²) in [5, 5.41) is 7.05. The standard InChI is InChI=1S/C22H15FN6O2/c1-12-19(31-13(2)25-12)21(30)26-16-7-8-18(23)17(9-16)20-27-22-24-10-15(11-29(22)28-20)14-5-3-4-6-14/h3-5,7-11H,1-2H3,(H,26,30). The number of aryl methyl sites for hydroxylation is 2. The second kappa shape index (κ2) is 7.16. The number of hydrogen-bond acceptors (Lipinski definition) is 6. The molecule has 9 heteroatoms. The molecule has 8 nitrogen and oxygen atoms in total. The van der Waals surface area contributed by atoms with E-state index in [1.54, 1.807) is 26.2 Å². The number of carbonyl (C=O) groups excluding carboxylic acids is 1. The molecule has 0 bridgehead atoms. The van der Waals surface area contributed by atoms with Gasteiger partial charge < -0.3 is 9.73 Å². The van der Waals surface area contributed by atoms with Crippen LogP contribution in [0.1, 0.15) is 27.7 Å². The number of nitrogens with one attached hydrogen (secondary N) is 1. The summed E-state index contributed by atoms with van der Waals surface area (Å²) in [6, 6.07) is 4.16. The van der Waals surface area contributed by atoms with Crippen molar-refractivity contribution < 1.29 is 13.6 Å². The Balaban J connectivity index is 1.48. The molecule has 0 atom stereocenters. The number of amides is 1. The van der Waals surface area contributed by atoms with Crippen LogP contribution in [0.15, 0.2) is 59.0 Å². The highest BCUT2D eigenvalue weighted by Crippen LogP contribution is 2.25. The van der Waals surface area contributed by atoms with E-state index in [2.05, 4.69) is 31.1 Å². The maximum Gasteiger partial charge on any atom is 0.293 e. The lowest BCUT2D eigenvalue weighted by Crippen LogP contribution is -2.12. The second-order valence-electron chi connectivity index (χ2n) is 6.90. The summed E-state index contributed by atoms with van der Waals surface area (Å²) >= 11 is 0. The Hall–Kier alpha value is -4.36. The lowest BCUT2D eigenvalue weighted by Gasteiger charge is -2.06. The van der Waals surface area contributed by atoms with Crippen molar-refractivity contribution in [2.45, 2.75) is 13.8 Å². The first-order valence-electron chi connectivity index (χ1n) is 9.39.